The topological polar surface area (TPSA) is 47.7 Å². The van der Waals surface area contributed by atoms with Crippen LogP contribution in [0, 0.1) is 0 Å². The van der Waals surface area contributed by atoms with Gasteiger partial charge < -0.3 is 5.32 Å². The second-order valence-electron chi connectivity index (χ2n) is 5.52. The normalized spacial score (nSPS) is 13.9. The number of benzene rings is 1. The van der Waals surface area contributed by atoms with Gasteiger partial charge in [0.2, 0.25) is 0 Å². The predicted molar refractivity (Wildman–Crippen MR) is 86.8 cm³/mol. The van der Waals surface area contributed by atoms with Crippen molar-refractivity contribution >= 4 is 0 Å². The number of para-hydroxylation sites is 1. The zero-order valence-electron chi connectivity index (χ0n) is 12.9. The van der Waals surface area contributed by atoms with Crippen LogP contribution in [-0.2, 0) is 6.54 Å². The van der Waals surface area contributed by atoms with Crippen LogP contribution in [0.1, 0.15) is 25.5 Å². The van der Waals surface area contributed by atoms with Crippen molar-refractivity contribution in [3.05, 3.63) is 66.7 Å². The molecule has 0 aliphatic heterocycles. The number of hydrogen-bond donors (Lipinski definition) is 1. The molecule has 5 heteroatoms. The Kier molecular flexibility index (Phi) is 4.34. The summed E-state index contributed by atoms with van der Waals surface area (Å²) in [6, 6.07) is 12.7. The van der Waals surface area contributed by atoms with Gasteiger partial charge in [-0.2, -0.15) is 10.2 Å². The molecule has 0 aliphatic carbocycles. The smallest absolute Gasteiger partial charge is 0.0645 e. The van der Waals surface area contributed by atoms with Gasteiger partial charge in [0, 0.05) is 36.7 Å². The van der Waals surface area contributed by atoms with E-state index in [1.54, 1.807) is 0 Å². The lowest BCUT2D eigenvalue weighted by molar-refractivity contribution is 0.365. The van der Waals surface area contributed by atoms with Gasteiger partial charge in [0.25, 0.3) is 0 Å². The Morgan fingerprint density at radius 3 is 2.64 bits per heavy atom. The standard InChI is InChI=1S/C17H21N5/c1-14(15(2)21-10-6-9-19-21)18-11-16-12-20-22(13-16)17-7-4-3-5-8-17/h3-10,12-15,18H,11H2,1-2H3/t14-,15+/m0/s1. The summed E-state index contributed by atoms with van der Waals surface area (Å²) in [7, 11) is 0. The third-order valence-electron chi connectivity index (χ3n) is 3.95. The van der Waals surface area contributed by atoms with Crippen molar-refractivity contribution in [1.82, 2.24) is 24.9 Å². The van der Waals surface area contributed by atoms with E-state index in [2.05, 4.69) is 35.6 Å². The molecule has 114 valence electrons. The molecule has 2 heterocycles. The number of nitrogens with one attached hydrogen (secondary N) is 1. The Morgan fingerprint density at radius 2 is 1.91 bits per heavy atom. The average molecular weight is 295 g/mol. The Morgan fingerprint density at radius 1 is 1.09 bits per heavy atom. The van der Waals surface area contributed by atoms with Crippen LogP contribution >= 0.6 is 0 Å². The average Bonchev–Trinajstić information content (AvgIpc) is 3.24. The highest BCUT2D eigenvalue weighted by molar-refractivity contribution is 5.30. The zero-order valence-corrected chi connectivity index (χ0v) is 12.9. The van der Waals surface area contributed by atoms with Crippen molar-refractivity contribution in [2.75, 3.05) is 0 Å². The second kappa shape index (κ2) is 6.58. The number of nitrogens with zero attached hydrogens (tertiary/aromatic N) is 4. The van der Waals surface area contributed by atoms with E-state index in [1.165, 1.54) is 5.56 Å². The fraction of sp³-hybridized carbons (Fsp3) is 0.294. The first-order valence-corrected chi connectivity index (χ1v) is 7.55. The van der Waals surface area contributed by atoms with Crippen molar-refractivity contribution in [2.24, 2.45) is 0 Å². The highest BCUT2D eigenvalue weighted by Gasteiger charge is 2.13. The Labute approximate surface area is 130 Å². The zero-order chi connectivity index (χ0) is 15.4. The Hall–Kier alpha value is -2.40. The summed E-state index contributed by atoms with van der Waals surface area (Å²) in [5, 5.41) is 12.3. The van der Waals surface area contributed by atoms with Crippen LogP contribution in [0.3, 0.4) is 0 Å². The fourth-order valence-corrected chi connectivity index (χ4v) is 2.37. The lowest BCUT2D eigenvalue weighted by Crippen LogP contribution is -2.33. The van der Waals surface area contributed by atoms with Crippen molar-refractivity contribution in [2.45, 2.75) is 32.5 Å². The summed E-state index contributed by atoms with van der Waals surface area (Å²) in [4.78, 5) is 0. The third-order valence-corrected chi connectivity index (χ3v) is 3.95. The largest absolute Gasteiger partial charge is 0.308 e. The molecule has 0 amide bonds. The fourth-order valence-electron chi connectivity index (χ4n) is 2.37. The van der Waals surface area contributed by atoms with Crippen molar-refractivity contribution in [1.29, 1.82) is 0 Å². The molecule has 3 rings (SSSR count). The molecular formula is C17H21N5. The van der Waals surface area contributed by atoms with Gasteiger partial charge in [0.15, 0.2) is 0 Å². The summed E-state index contributed by atoms with van der Waals surface area (Å²) < 4.78 is 3.88. The van der Waals surface area contributed by atoms with Crippen LogP contribution in [0.5, 0.6) is 0 Å². The predicted octanol–water partition coefficient (Wildman–Crippen LogP) is 2.81. The van der Waals surface area contributed by atoms with Crippen LogP contribution < -0.4 is 5.32 Å². The van der Waals surface area contributed by atoms with Crippen molar-refractivity contribution < 1.29 is 0 Å². The van der Waals surface area contributed by atoms with Crippen LogP contribution in [0.15, 0.2) is 61.2 Å². The molecule has 2 atom stereocenters. The van der Waals surface area contributed by atoms with Crippen LogP contribution in [0.4, 0.5) is 0 Å². The molecule has 2 aromatic heterocycles. The molecule has 0 saturated heterocycles. The molecule has 1 N–H and O–H groups in total. The molecule has 0 saturated carbocycles. The molecule has 22 heavy (non-hydrogen) atoms. The molecule has 0 aliphatic rings. The monoisotopic (exact) mass is 295 g/mol. The van der Waals surface area contributed by atoms with E-state index < -0.39 is 0 Å². The van der Waals surface area contributed by atoms with E-state index in [-0.39, 0.29) is 0 Å². The van der Waals surface area contributed by atoms with Crippen molar-refractivity contribution in [3.8, 4) is 5.69 Å². The molecule has 1 aromatic carbocycles. The molecule has 0 bridgehead atoms. The first kappa shape index (κ1) is 14.5. The van der Waals surface area contributed by atoms with Gasteiger partial charge in [0.05, 0.1) is 17.9 Å². The first-order valence-electron chi connectivity index (χ1n) is 7.55. The number of rotatable bonds is 6. The van der Waals surface area contributed by atoms with Gasteiger partial charge in [-0.25, -0.2) is 4.68 Å². The minimum absolute atomic E-state index is 0.305. The molecule has 0 spiro atoms. The lowest BCUT2D eigenvalue weighted by atomic mass is 10.1. The van der Waals surface area contributed by atoms with E-state index in [1.807, 2.05) is 64.4 Å². The highest BCUT2D eigenvalue weighted by Crippen LogP contribution is 2.11. The highest BCUT2D eigenvalue weighted by atomic mass is 15.3. The summed E-state index contributed by atoms with van der Waals surface area (Å²) in [6.07, 6.45) is 7.78. The third kappa shape index (κ3) is 3.26. The summed E-state index contributed by atoms with van der Waals surface area (Å²) >= 11 is 0. The maximum Gasteiger partial charge on any atom is 0.0645 e. The van der Waals surface area contributed by atoms with Gasteiger partial charge in [0.1, 0.15) is 0 Å². The quantitative estimate of drug-likeness (QED) is 0.760. The number of hydrogen-bond acceptors (Lipinski definition) is 3. The first-order chi connectivity index (χ1) is 10.7. The van der Waals surface area contributed by atoms with E-state index in [9.17, 15) is 0 Å². The second-order valence-corrected chi connectivity index (χ2v) is 5.52. The Bertz CT molecular complexity index is 687. The van der Waals surface area contributed by atoms with Crippen molar-refractivity contribution in [3.63, 3.8) is 0 Å². The van der Waals surface area contributed by atoms with Crippen LogP contribution in [0.25, 0.3) is 5.69 Å². The molecular weight excluding hydrogens is 274 g/mol. The molecule has 3 aromatic rings. The molecule has 0 fully saturated rings. The molecule has 0 unspecified atom stereocenters. The minimum atomic E-state index is 0.305. The summed E-state index contributed by atoms with van der Waals surface area (Å²) in [5.74, 6) is 0. The van der Waals surface area contributed by atoms with Crippen LogP contribution in [-0.4, -0.2) is 25.6 Å². The lowest BCUT2D eigenvalue weighted by Gasteiger charge is -2.21. The molecule has 5 nitrogen and oxygen atoms in total. The van der Waals surface area contributed by atoms with E-state index in [4.69, 9.17) is 0 Å². The van der Waals surface area contributed by atoms with Gasteiger partial charge in [-0.1, -0.05) is 18.2 Å². The maximum atomic E-state index is 4.42. The molecule has 0 radical (unpaired) electrons. The van der Waals surface area contributed by atoms with E-state index >= 15 is 0 Å². The summed E-state index contributed by atoms with van der Waals surface area (Å²) in [5.41, 5.74) is 2.25. The summed E-state index contributed by atoms with van der Waals surface area (Å²) in [6.45, 7) is 5.13. The SMILES string of the molecule is C[C@H](NCc1cnn(-c2ccccc2)c1)[C@@H](C)n1cccn1. The van der Waals surface area contributed by atoms with E-state index in [0.717, 1.165) is 12.2 Å². The van der Waals surface area contributed by atoms with Gasteiger partial charge in [-0.05, 0) is 32.0 Å². The van der Waals surface area contributed by atoms with Gasteiger partial charge in [-0.3, -0.25) is 4.68 Å². The maximum absolute atomic E-state index is 4.42. The van der Waals surface area contributed by atoms with E-state index in [0.29, 0.717) is 12.1 Å². The van der Waals surface area contributed by atoms with Gasteiger partial charge in [-0.15, -0.1) is 0 Å². The minimum Gasteiger partial charge on any atom is -0.308 e. The number of aromatic nitrogens is 4. The van der Waals surface area contributed by atoms with Crippen LogP contribution in [0.2, 0.25) is 0 Å². The Balaban J connectivity index is 1.59. The van der Waals surface area contributed by atoms with Gasteiger partial charge >= 0.3 is 0 Å².